The lowest BCUT2D eigenvalue weighted by molar-refractivity contribution is 0.111. The van der Waals surface area contributed by atoms with Crippen molar-refractivity contribution in [3.05, 3.63) is 191 Å². The maximum Gasteiger partial charge on any atom is 0.229 e. The molecule has 10 rings (SSSR count). The van der Waals surface area contributed by atoms with Crippen LogP contribution in [0.4, 0.5) is 11.4 Å². The van der Waals surface area contributed by atoms with Crippen molar-refractivity contribution in [2.75, 3.05) is 48.1 Å². The van der Waals surface area contributed by atoms with Gasteiger partial charge < -0.3 is 14.8 Å². The van der Waals surface area contributed by atoms with Gasteiger partial charge in [0.15, 0.2) is 6.29 Å². The lowest BCUT2D eigenvalue weighted by Gasteiger charge is -2.27. The molecule has 4 atom stereocenters. The monoisotopic (exact) mass is 968 g/mol. The SMILES string of the molecule is CCC1(c2cccc(NS(C)(=O)=O)c2)C2CN(Cc3ccccc3OCc3ccccc3)CC21.CCC1(c2cccc(NS(C)(=O)=O)c2)C2CNCC21.O=Cc1ccccc1OCc1ccccc1. The summed E-state index contributed by atoms with van der Waals surface area (Å²) in [5.41, 5.74) is 8.33. The van der Waals surface area contributed by atoms with Gasteiger partial charge in [0.25, 0.3) is 0 Å². The second kappa shape index (κ2) is 21.3. The summed E-state index contributed by atoms with van der Waals surface area (Å²) in [6, 6.07) is 51.5. The maximum absolute atomic E-state index is 11.7. The van der Waals surface area contributed by atoms with E-state index in [4.69, 9.17) is 9.47 Å². The van der Waals surface area contributed by atoms with Gasteiger partial charge in [-0.1, -0.05) is 129 Å². The molecule has 2 saturated heterocycles. The molecule has 3 N–H and O–H groups in total. The lowest BCUT2D eigenvalue weighted by atomic mass is 9.87. The largest absolute Gasteiger partial charge is 0.489 e. The zero-order valence-corrected chi connectivity index (χ0v) is 41.5. The van der Waals surface area contributed by atoms with E-state index in [1.807, 2.05) is 103 Å². The van der Waals surface area contributed by atoms with Crippen molar-refractivity contribution in [3.8, 4) is 11.5 Å². The van der Waals surface area contributed by atoms with Crippen molar-refractivity contribution < 1.29 is 31.1 Å². The van der Waals surface area contributed by atoms with E-state index >= 15 is 0 Å². The Morgan fingerprint density at radius 1 is 0.580 bits per heavy atom. The van der Waals surface area contributed by atoms with Gasteiger partial charge in [-0.3, -0.25) is 19.1 Å². The summed E-state index contributed by atoms with van der Waals surface area (Å²) in [6.45, 7) is 10.7. The zero-order valence-electron chi connectivity index (χ0n) is 39.9. The molecular formula is C56H64N4O7S2. The van der Waals surface area contributed by atoms with Crippen molar-refractivity contribution in [3.63, 3.8) is 0 Å². The smallest absolute Gasteiger partial charge is 0.229 e. The van der Waals surface area contributed by atoms with Gasteiger partial charge in [0, 0.05) is 47.4 Å². The predicted octanol–water partition coefficient (Wildman–Crippen LogP) is 9.68. The summed E-state index contributed by atoms with van der Waals surface area (Å²) in [5, 5.41) is 3.42. The van der Waals surface area contributed by atoms with Gasteiger partial charge in [0.05, 0.1) is 18.1 Å². The Balaban J connectivity index is 0.000000154. The molecule has 0 aromatic heterocycles. The van der Waals surface area contributed by atoms with Crippen LogP contribution < -0.4 is 24.2 Å². The highest BCUT2D eigenvalue weighted by Gasteiger charge is 2.67. The number of nitrogens with one attached hydrogen (secondary N) is 3. The fourth-order valence-electron chi connectivity index (χ4n) is 11.3. The molecular weight excluding hydrogens is 905 g/mol. The second-order valence-electron chi connectivity index (χ2n) is 18.8. The number of carbonyl (C=O) groups excluding carboxylic acids is 1. The summed E-state index contributed by atoms with van der Waals surface area (Å²) in [5.74, 6) is 4.21. The Kier molecular flexibility index (Phi) is 15.3. The third kappa shape index (κ3) is 11.7. The number of nitrogens with zero attached hydrogens (tertiary/aromatic N) is 1. The van der Waals surface area contributed by atoms with E-state index in [0.29, 0.717) is 59.6 Å². The van der Waals surface area contributed by atoms with Crippen LogP contribution in [0.15, 0.2) is 158 Å². The summed E-state index contributed by atoms with van der Waals surface area (Å²) in [7, 11) is -6.49. The zero-order chi connectivity index (χ0) is 48.7. The highest BCUT2D eigenvalue weighted by atomic mass is 32.2. The number of rotatable bonds is 17. The number of sulfonamides is 2. The number of carbonyl (C=O) groups is 1. The van der Waals surface area contributed by atoms with Gasteiger partial charge in [0.1, 0.15) is 24.7 Å². The third-order valence-corrected chi connectivity index (χ3v) is 15.7. The number of fused-ring (bicyclic) bond motifs is 2. The van der Waals surface area contributed by atoms with Gasteiger partial charge >= 0.3 is 0 Å². The van der Waals surface area contributed by atoms with Crippen LogP contribution in [-0.2, 0) is 50.6 Å². The van der Waals surface area contributed by atoms with Crippen LogP contribution >= 0.6 is 0 Å². The Morgan fingerprint density at radius 3 is 1.52 bits per heavy atom. The van der Waals surface area contributed by atoms with Crippen LogP contribution in [0.1, 0.15) is 64.9 Å². The van der Waals surface area contributed by atoms with Gasteiger partial charge in [-0.25, -0.2) is 16.8 Å². The van der Waals surface area contributed by atoms with Crippen molar-refractivity contribution in [1.82, 2.24) is 10.2 Å². The normalized spacial score (nSPS) is 23.1. The number of hydrogen-bond donors (Lipinski definition) is 3. The summed E-state index contributed by atoms with van der Waals surface area (Å²) < 4.78 is 63.0. The first-order valence-corrected chi connectivity index (χ1v) is 27.6. The molecule has 2 aliphatic carbocycles. The molecule has 13 heteroatoms. The topological polar surface area (TPSA) is 143 Å². The van der Waals surface area contributed by atoms with Gasteiger partial charge in [0.2, 0.25) is 20.0 Å². The molecule has 6 aromatic carbocycles. The van der Waals surface area contributed by atoms with Gasteiger partial charge in [-0.2, -0.15) is 0 Å². The first kappa shape index (κ1) is 49.4. The van der Waals surface area contributed by atoms with E-state index in [1.54, 1.807) is 12.1 Å². The minimum atomic E-state index is -3.28. The van der Waals surface area contributed by atoms with E-state index in [0.717, 1.165) is 63.2 Å². The number of aldehydes is 1. The standard InChI is InChI=1S/C28H32N2O3S.C14H20N2O2S.C14H12O2/c1-3-28(23-13-9-14-24(16-23)29-34(2,31)32)25-18-30(19-26(25)28)17-22-12-7-8-15-27(22)33-20-21-10-5-4-6-11-21;1-3-14(12-8-15-9-13(12)14)10-5-4-6-11(7-10)16-19(2,17)18;15-10-13-8-4-5-9-14(13)16-11-12-6-2-1-3-7-12/h4-16,25-26,29H,3,17-20H2,1-2H3;4-7,12-13,15-16H,3,8-9H2,1-2H3;1-10H,11H2. The van der Waals surface area contributed by atoms with Crippen molar-refractivity contribution in [1.29, 1.82) is 0 Å². The van der Waals surface area contributed by atoms with E-state index in [9.17, 15) is 21.6 Å². The molecule has 2 saturated carbocycles. The maximum atomic E-state index is 11.7. The van der Waals surface area contributed by atoms with Gasteiger partial charge in [-0.15, -0.1) is 0 Å². The molecule has 4 unspecified atom stereocenters. The molecule has 0 spiro atoms. The fraction of sp³-hybridized carbons (Fsp3) is 0.339. The van der Waals surface area contributed by atoms with Crippen LogP contribution in [0.2, 0.25) is 0 Å². The van der Waals surface area contributed by atoms with Crippen LogP contribution in [0.25, 0.3) is 0 Å². The van der Waals surface area contributed by atoms with Crippen molar-refractivity contribution in [2.45, 2.75) is 57.3 Å². The average Bonchev–Trinajstić information content (AvgIpc) is 3.90. The second-order valence-corrected chi connectivity index (χ2v) is 22.3. The predicted molar refractivity (Wildman–Crippen MR) is 276 cm³/mol. The van der Waals surface area contributed by atoms with Crippen molar-refractivity contribution in [2.24, 2.45) is 23.7 Å². The number of anilines is 2. The quantitative estimate of drug-likeness (QED) is 0.0762. The summed E-state index contributed by atoms with van der Waals surface area (Å²) in [6.07, 6.45) is 5.37. The Hall–Kier alpha value is -5.99. The van der Waals surface area contributed by atoms with E-state index in [2.05, 4.69) is 76.0 Å². The number of benzene rings is 6. The Labute approximate surface area is 408 Å². The van der Waals surface area contributed by atoms with Crippen LogP contribution in [-0.4, -0.2) is 66.7 Å². The van der Waals surface area contributed by atoms with Crippen molar-refractivity contribution >= 4 is 37.7 Å². The van der Waals surface area contributed by atoms with Crippen LogP contribution in [0, 0.1) is 23.7 Å². The number of likely N-dealkylation sites (tertiary alicyclic amines) is 1. The van der Waals surface area contributed by atoms with E-state index in [1.165, 1.54) is 34.8 Å². The minimum absolute atomic E-state index is 0.148. The van der Waals surface area contributed by atoms with E-state index in [-0.39, 0.29) is 10.8 Å². The van der Waals surface area contributed by atoms with Crippen LogP contribution in [0.3, 0.4) is 0 Å². The minimum Gasteiger partial charge on any atom is -0.489 e. The molecule has 11 nitrogen and oxygen atoms in total. The number of piperidine rings is 2. The molecule has 69 heavy (non-hydrogen) atoms. The molecule has 0 radical (unpaired) electrons. The first-order chi connectivity index (χ1) is 33.3. The first-order valence-electron chi connectivity index (χ1n) is 23.8. The van der Waals surface area contributed by atoms with Gasteiger partial charge in [-0.05, 0) is 114 Å². The average molecular weight is 969 g/mol. The summed E-state index contributed by atoms with van der Waals surface area (Å²) >= 11 is 0. The number of para-hydroxylation sites is 2. The molecule has 4 fully saturated rings. The Bertz CT molecular complexity index is 2900. The molecule has 0 bridgehead atoms. The fourth-order valence-corrected chi connectivity index (χ4v) is 12.4. The highest BCUT2D eigenvalue weighted by molar-refractivity contribution is 7.92. The molecule has 2 aliphatic heterocycles. The lowest BCUT2D eigenvalue weighted by Crippen LogP contribution is -2.30. The number of ether oxygens (including phenoxy) is 2. The highest BCUT2D eigenvalue weighted by Crippen LogP contribution is 2.66. The van der Waals surface area contributed by atoms with Crippen LogP contribution in [0.5, 0.6) is 11.5 Å². The molecule has 6 aromatic rings. The molecule has 362 valence electrons. The molecule has 2 heterocycles. The summed E-state index contributed by atoms with van der Waals surface area (Å²) in [4.78, 5) is 13.3. The third-order valence-electron chi connectivity index (χ3n) is 14.5. The molecule has 0 amide bonds. The number of hydrogen-bond acceptors (Lipinski definition) is 9. The molecule has 4 aliphatic rings. The Morgan fingerprint density at radius 2 is 1.03 bits per heavy atom. The van der Waals surface area contributed by atoms with E-state index < -0.39 is 20.0 Å².